The van der Waals surface area contributed by atoms with Gasteiger partial charge in [0.15, 0.2) is 17.1 Å². The van der Waals surface area contributed by atoms with Crippen LogP contribution in [0.4, 0.5) is 5.69 Å². The van der Waals surface area contributed by atoms with Crippen molar-refractivity contribution in [1.29, 1.82) is 0 Å². The van der Waals surface area contributed by atoms with Crippen LogP contribution in [0.25, 0.3) is 0 Å². The van der Waals surface area contributed by atoms with Crippen molar-refractivity contribution in [3.05, 3.63) is 58.9 Å². The van der Waals surface area contributed by atoms with Crippen LogP contribution in [0.1, 0.15) is 38.3 Å². The topological polar surface area (TPSA) is 78.3 Å². The molecule has 0 aliphatic rings. The number of carbonyl (C=O) groups excluding carboxylic acids is 1. The van der Waals surface area contributed by atoms with E-state index >= 15 is 0 Å². The molecule has 3 aromatic rings. The highest BCUT2D eigenvalue weighted by atomic mass is 35.5. The van der Waals surface area contributed by atoms with Crippen molar-refractivity contribution in [1.82, 2.24) is 14.8 Å². The number of rotatable bonds is 10. The lowest BCUT2D eigenvalue weighted by atomic mass is 10.2. The van der Waals surface area contributed by atoms with Gasteiger partial charge in [-0.05, 0) is 67.8 Å². The summed E-state index contributed by atoms with van der Waals surface area (Å²) in [7, 11) is 1.63. The number of hydrogen-bond donors (Lipinski definition) is 1. The molecule has 1 heterocycles. The van der Waals surface area contributed by atoms with Gasteiger partial charge in [0.1, 0.15) is 11.5 Å². The zero-order valence-corrected chi connectivity index (χ0v) is 21.0. The number of anilines is 1. The molecule has 176 valence electrons. The first-order valence-corrected chi connectivity index (χ1v) is 12.1. The van der Waals surface area contributed by atoms with Gasteiger partial charge >= 0.3 is 0 Å². The van der Waals surface area contributed by atoms with Crippen LogP contribution in [0.3, 0.4) is 0 Å². The van der Waals surface area contributed by atoms with Crippen molar-refractivity contribution < 1.29 is 14.3 Å². The minimum Gasteiger partial charge on any atom is -0.497 e. The molecule has 0 aliphatic carbocycles. The van der Waals surface area contributed by atoms with Crippen molar-refractivity contribution in [2.24, 2.45) is 5.92 Å². The predicted octanol–water partition coefficient (Wildman–Crippen LogP) is 5.78. The Bertz CT molecular complexity index is 1090. The summed E-state index contributed by atoms with van der Waals surface area (Å²) >= 11 is 7.35. The summed E-state index contributed by atoms with van der Waals surface area (Å²) in [4.78, 5) is 12.5. The van der Waals surface area contributed by atoms with Crippen molar-refractivity contribution in [2.45, 2.75) is 45.5 Å². The fourth-order valence-electron chi connectivity index (χ4n) is 3.24. The van der Waals surface area contributed by atoms with Crippen molar-refractivity contribution in [3.63, 3.8) is 0 Å². The number of carbonyl (C=O) groups is 1. The van der Waals surface area contributed by atoms with Crippen LogP contribution in [-0.4, -0.2) is 33.5 Å². The quantitative estimate of drug-likeness (QED) is 0.365. The van der Waals surface area contributed by atoms with E-state index in [4.69, 9.17) is 21.1 Å². The van der Waals surface area contributed by atoms with E-state index in [0.717, 1.165) is 29.4 Å². The summed E-state index contributed by atoms with van der Waals surface area (Å²) in [5.74, 6) is 2.67. The fourth-order valence-corrected chi connectivity index (χ4v) is 4.22. The second-order valence-corrected chi connectivity index (χ2v) is 9.46. The number of hydrogen-bond acceptors (Lipinski definition) is 6. The molecule has 2 aromatic carbocycles. The number of nitrogens with one attached hydrogen (secondary N) is 1. The maximum atomic E-state index is 12.5. The molecule has 0 saturated heterocycles. The number of halogens is 1. The molecule has 3 rings (SSSR count). The molecule has 9 heteroatoms. The molecule has 1 N–H and O–H groups in total. The summed E-state index contributed by atoms with van der Waals surface area (Å²) in [6.07, 6.45) is -0.315. The maximum absolute atomic E-state index is 12.5. The molecule has 0 saturated carbocycles. The Labute approximate surface area is 203 Å². The van der Waals surface area contributed by atoms with E-state index in [2.05, 4.69) is 29.4 Å². The molecular weight excluding hydrogens is 460 g/mol. The third kappa shape index (κ3) is 6.88. The molecule has 1 aromatic heterocycles. The molecule has 7 nitrogen and oxygen atoms in total. The van der Waals surface area contributed by atoms with Crippen molar-refractivity contribution >= 4 is 35.0 Å². The van der Waals surface area contributed by atoms with Gasteiger partial charge in [0, 0.05) is 17.3 Å². The number of ether oxygens (including phenoxy) is 2. The van der Waals surface area contributed by atoms with E-state index in [1.807, 2.05) is 48.7 Å². The van der Waals surface area contributed by atoms with Gasteiger partial charge in [0.05, 0.1) is 12.9 Å². The third-order valence-corrected chi connectivity index (χ3v) is 6.03. The number of amides is 1. The lowest BCUT2D eigenvalue weighted by Gasteiger charge is -2.18. The summed E-state index contributed by atoms with van der Waals surface area (Å²) in [6, 6.07) is 12.8. The number of nitrogens with zero attached hydrogens (tertiary/aromatic N) is 3. The van der Waals surface area contributed by atoms with E-state index in [0.29, 0.717) is 21.8 Å². The average Bonchev–Trinajstić information content (AvgIpc) is 3.16. The van der Waals surface area contributed by atoms with Gasteiger partial charge in [-0.1, -0.05) is 37.2 Å². The number of aromatic nitrogens is 3. The first-order valence-electron chi connectivity index (χ1n) is 10.7. The van der Waals surface area contributed by atoms with Crippen LogP contribution in [0, 0.1) is 12.8 Å². The number of aryl methyl sites for hydroxylation is 1. The highest BCUT2D eigenvalue weighted by Gasteiger charge is 2.21. The van der Waals surface area contributed by atoms with Crippen LogP contribution in [0.2, 0.25) is 5.02 Å². The molecule has 0 aliphatic heterocycles. The minimum absolute atomic E-state index is 0.117. The summed E-state index contributed by atoms with van der Waals surface area (Å²) < 4.78 is 13.3. The van der Waals surface area contributed by atoms with Gasteiger partial charge in [-0.25, -0.2) is 0 Å². The number of methoxy groups -OCH3 is 1. The van der Waals surface area contributed by atoms with E-state index in [-0.39, 0.29) is 17.8 Å². The fraction of sp³-hybridized carbons (Fsp3) is 0.375. The number of benzene rings is 2. The molecule has 0 fully saturated rings. The molecule has 0 radical (unpaired) electrons. The first-order chi connectivity index (χ1) is 15.8. The number of thioether (sulfide) groups is 1. The van der Waals surface area contributed by atoms with Crippen LogP contribution in [0.5, 0.6) is 11.5 Å². The Balaban J connectivity index is 1.69. The normalized spacial score (nSPS) is 12.0. The molecule has 33 heavy (non-hydrogen) atoms. The molecule has 1 amide bonds. The Morgan fingerprint density at radius 1 is 1.12 bits per heavy atom. The van der Waals surface area contributed by atoms with Crippen LogP contribution in [0.15, 0.2) is 47.6 Å². The third-order valence-electron chi connectivity index (χ3n) is 4.82. The van der Waals surface area contributed by atoms with Crippen LogP contribution < -0.4 is 14.8 Å². The zero-order chi connectivity index (χ0) is 24.0. The highest BCUT2D eigenvalue weighted by Crippen LogP contribution is 2.27. The molecule has 1 atom stereocenters. The van der Waals surface area contributed by atoms with Gasteiger partial charge < -0.3 is 19.4 Å². The molecular formula is C24H29ClN4O3S. The van der Waals surface area contributed by atoms with E-state index < -0.39 is 0 Å². The van der Waals surface area contributed by atoms with Crippen LogP contribution >= 0.6 is 23.4 Å². The predicted molar refractivity (Wildman–Crippen MR) is 132 cm³/mol. The van der Waals surface area contributed by atoms with Gasteiger partial charge in [-0.15, -0.1) is 10.2 Å². The van der Waals surface area contributed by atoms with Gasteiger partial charge in [0.25, 0.3) is 0 Å². The largest absolute Gasteiger partial charge is 0.497 e. The Morgan fingerprint density at radius 3 is 2.45 bits per heavy atom. The monoisotopic (exact) mass is 488 g/mol. The lowest BCUT2D eigenvalue weighted by molar-refractivity contribution is -0.113. The maximum Gasteiger partial charge on any atom is 0.234 e. The van der Waals surface area contributed by atoms with Crippen molar-refractivity contribution in [2.75, 3.05) is 18.2 Å². The highest BCUT2D eigenvalue weighted by molar-refractivity contribution is 7.99. The SMILES string of the molecule is COc1ccc(OC(C)c2nnc(SCC(=O)Nc3ccc(Cl)cc3C)n2CC(C)C)cc1. The van der Waals surface area contributed by atoms with E-state index in [1.165, 1.54) is 11.8 Å². The molecule has 0 spiro atoms. The Hall–Kier alpha value is -2.71. The summed E-state index contributed by atoms with van der Waals surface area (Å²) in [5, 5.41) is 13.0. The standard InChI is InChI=1S/C24H29ClN4O3S/c1-15(2)13-29-23(17(4)32-20-9-7-19(31-5)8-10-20)27-28-24(29)33-14-22(30)26-21-11-6-18(25)12-16(21)3/h6-12,15,17H,13-14H2,1-5H3,(H,26,30). The second kappa shape index (κ2) is 11.4. The summed E-state index contributed by atoms with van der Waals surface area (Å²) in [5.41, 5.74) is 1.66. The van der Waals surface area contributed by atoms with E-state index in [1.54, 1.807) is 19.2 Å². The minimum atomic E-state index is -0.315. The van der Waals surface area contributed by atoms with Gasteiger partial charge in [-0.2, -0.15) is 0 Å². The molecule has 1 unspecified atom stereocenters. The average molecular weight is 489 g/mol. The van der Waals surface area contributed by atoms with Gasteiger partial charge in [0.2, 0.25) is 5.91 Å². The smallest absolute Gasteiger partial charge is 0.234 e. The Kier molecular flexibility index (Phi) is 8.63. The lowest BCUT2D eigenvalue weighted by Crippen LogP contribution is -2.17. The first kappa shape index (κ1) is 24.9. The molecule has 0 bridgehead atoms. The second-order valence-electron chi connectivity index (χ2n) is 8.08. The zero-order valence-electron chi connectivity index (χ0n) is 19.5. The van der Waals surface area contributed by atoms with Gasteiger partial charge in [-0.3, -0.25) is 4.79 Å². The van der Waals surface area contributed by atoms with Crippen LogP contribution in [-0.2, 0) is 11.3 Å². The van der Waals surface area contributed by atoms with Crippen molar-refractivity contribution in [3.8, 4) is 11.5 Å². The summed E-state index contributed by atoms with van der Waals surface area (Å²) in [6.45, 7) is 8.82. The Morgan fingerprint density at radius 2 is 1.82 bits per heavy atom. The van der Waals surface area contributed by atoms with E-state index in [9.17, 15) is 4.79 Å².